The summed E-state index contributed by atoms with van der Waals surface area (Å²) in [6, 6.07) is 99.4. The zero-order valence-electron chi connectivity index (χ0n) is 38.8. The fourth-order valence-corrected chi connectivity index (χ4v) is 11.8. The van der Waals surface area contributed by atoms with Gasteiger partial charge >= 0.3 is 0 Å². The minimum Gasteiger partial charge on any atom is -0.310 e. The lowest BCUT2D eigenvalue weighted by Gasteiger charge is -2.34. The first kappa shape index (κ1) is 40.7. The Morgan fingerprint density at radius 1 is 0.352 bits per heavy atom. The van der Waals surface area contributed by atoms with Gasteiger partial charge in [0.1, 0.15) is 0 Å². The molecule has 3 nitrogen and oxygen atoms in total. The monoisotopic (exact) mass is 903 g/mol. The number of para-hydroxylation sites is 4. The molecule has 1 aliphatic carbocycles. The maximum atomic E-state index is 5.50. The molecule has 13 aromatic rings. The van der Waals surface area contributed by atoms with Crippen molar-refractivity contribution in [3.8, 4) is 39.2 Å². The van der Waals surface area contributed by atoms with E-state index in [9.17, 15) is 0 Å². The van der Waals surface area contributed by atoms with Gasteiger partial charge in [-0.1, -0.05) is 206 Å². The lowest BCUT2D eigenvalue weighted by Crippen LogP contribution is -2.28. The van der Waals surface area contributed by atoms with E-state index in [4.69, 9.17) is 4.98 Å². The number of hydrogen-bond donors (Lipinski definition) is 0. The lowest BCUT2D eigenvalue weighted by molar-refractivity contribution is 0.769. The molecule has 2 aromatic heterocycles. The normalized spacial score (nSPS) is 12.6. The first-order chi connectivity index (χ1) is 35.2. The van der Waals surface area contributed by atoms with Crippen LogP contribution in [0.15, 0.2) is 273 Å². The zero-order valence-corrected chi connectivity index (χ0v) is 38.8. The van der Waals surface area contributed by atoms with Gasteiger partial charge in [-0.2, -0.15) is 0 Å². The topological polar surface area (TPSA) is 21.1 Å². The Morgan fingerprint density at radius 3 is 1.69 bits per heavy atom. The minimum absolute atomic E-state index is 0.496. The molecule has 0 unspecified atom stereocenters. The standard InChI is InChI=1S/C68H45N3/c1-5-22-49(23-6-1)68(50-24-7-2-8-25-50)60-33-16-13-31-57(60)66-61(68)43-42-59-65(66)58-32-14-17-34-62(58)69-67(59)48-21-19-20-47(44-48)46-36-38-53(39-37-46)70(51-26-9-3-10-27-51)54-40-41-56-55-30-15-18-35-63(55)71(64(56)45-54)52-28-11-4-12-29-52/h1-45H. The van der Waals surface area contributed by atoms with Crippen LogP contribution in [0.5, 0.6) is 0 Å². The van der Waals surface area contributed by atoms with Crippen molar-refractivity contribution in [1.82, 2.24) is 9.55 Å². The SMILES string of the molecule is c1ccc(N(c2ccc(-c3cccc(-c4nc5ccccc5c5c6c(ccc45)C(c4ccccc4)(c4ccccc4)c4ccccc4-6)c3)cc2)c2ccc3c4ccccc4n(-c4ccccc4)c3c2)cc1. The molecule has 0 atom stereocenters. The second-order valence-electron chi connectivity index (χ2n) is 18.6. The van der Waals surface area contributed by atoms with Crippen LogP contribution in [0, 0.1) is 0 Å². The predicted molar refractivity (Wildman–Crippen MR) is 296 cm³/mol. The van der Waals surface area contributed by atoms with Gasteiger partial charge in [-0.05, 0) is 111 Å². The van der Waals surface area contributed by atoms with Gasteiger partial charge in [-0.3, -0.25) is 0 Å². The summed E-state index contributed by atoms with van der Waals surface area (Å²) in [5.74, 6) is 0. The van der Waals surface area contributed by atoms with Crippen molar-refractivity contribution in [2.24, 2.45) is 0 Å². The summed E-state index contributed by atoms with van der Waals surface area (Å²) < 4.78 is 2.38. The van der Waals surface area contributed by atoms with E-state index in [0.29, 0.717) is 0 Å². The number of pyridine rings is 1. The van der Waals surface area contributed by atoms with Gasteiger partial charge in [-0.25, -0.2) is 4.98 Å². The van der Waals surface area contributed by atoms with E-state index in [2.05, 4.69) is 282 Å². The van der Waals surface area contributed by atoms with E-state index in [-0.39, 0.29) is 0 Å². The summed E-state index contributed by atoms with van der Waals surface area (Å²) in [7, 11) is 0. The van der Waals surface area contributed by atoms with Crippen LogP contribution in [0.2, 0.25) is 0 Å². The van der Waals surface area contributed by atoms with Gasteiger partial charge in [-0.15, -0.1) is 0 Å². The van der Waals surface area contributed by atoms with Crippen molar-refractivity contribution >= 4 is 60.5 Å². The third-order valence-electron chi connectivity index (χ3n) is 14.8. The Morgan fingerprint density at radius 2 is 0.930 bits per heavy atom. The van der Waals surface area contributed by atoms with Crippen molar-refractivity contribution < 1.29 is 0 Å². The Kier molecular flexibility index (Phi) is 9.43. The maximum absolute atomic E-state index is 5.50. The highest BCUT2D eigenvalue weighted by Crippen LogP contribution is 2.59. The second kappa shape index (κ2) is 16.4. The maximum Gasteiger partial charge on any atom is 0.0788 e. The highest BCUT2D eigenvalue weighted by Gasteiger charge is 2.46. The Balaban J connectivity index is 0.903. The van der Waals surface area contributed by atoms with Crippen LogP contribution in [0.3, 0.4) is 0 Å². The molecular formula is C68H45N3. The molecule has 71 heavy (non-hydrogen) atoms. The quantitative estimate of drug-likeness (QED) is 0.142. The first-order valence-corrected chi connectivity index (χ1v) is 24.5. The first-order valence-electron chi connectivity index (χ1n) is 24.5. The van der Waals surface area contributed by atoms with Gasteiger partial charge in [0, 0.05) is 55.2 Å². The molecule has 3 heteroatoms. The summed E-state index contributed by atoms with van der Waals surface area (Å²) in [6.45, 7) is 0. The van der Waals surface area contributed by atoms with Gasteiger partial charge in [0.2, 0.25) is 0 Å². The third kappa shape index (κ3) is 6.33. The van der Waals surface area contributed by atoms with E-state index in [1.807, 2.05) is 0 Å². The molecule has 0 aliphatic heterocycles. The molecule has 0 saturated carbocycles. The van der Waals surface area contributed by atoms with Crippen molar-refractivity contribution in [2.75, 3.05) is 4.90 Å². The van der Waals surface area contributed by atoms with E-state index in [0.717, 1.165) is 61.4 Å². The van der Waals surface area contributed by atoms with Crippen LogP contribution in [-0.4, -0.2) is 9.55 Å². The molecule has 0 bridgehead atoms. The molecule has 332 valence electrons. The predicted octanol–water partition coefficient (Wildman–Crippen LogP) is 17.7. The van der Waals surface area contributed by atoms with Crippen LogP contribution >= 0.6 is 0 Å². The van der Waals surface area contributed by atoms with Gasteiger partial charge in [0.25, 0.3) is 0 Å². The van der Waals surface area contributed by atoms with Crippen LogP contribution < -0.4 is 4.90 Å². The molecule has 0 N–H and O–H groups in total. The molecule has 14 rings (SSSR count). The summed E-state index contributed by atoms with van der Waals surface area (Å²) in [4.78, 5) is 7.86. The minimum atomic E-state index is -0.496. The number of rotatable bonds is 8. The fraction of sp³-hybridized carbons (Fsp3) is 0.0147. The molecular weight excluding hydrogens is 859 g/mol. The van der Waals surface area contributed by atoms with Crippen LogP contribution in [0.1, 0.15) is 22.3 Å². The molecule has 0 fully saturated rings. The lowest BCUT2D eigenvalue weighted by atomic mass is 9.67. The summed E-state index contributed by atoms with van der Waals surface area (Å²) in [6.07, 6.45) is 0. The molecule has 0 saturated heterocycles. The zero-order chi connectivity index (χ0) is 46.9. The molecule has 1 aliphatic rings. The second-order valence-corrected chi connectivity index (χ2v) is 18.6. The number of hydrogen-bond acceptors (Lipinski definition) is 2. The Labute approximate surface area is 412 Å². The Bertz CT molecular complexity index is 4100. The largest absolute Gasteiger partial charge is 0.310 e. The molecule has 11 aromatic carbocycles. The number of fused-ring (bicyclic) bond motifs is 10. The smallest absolute Gasteiger partial charge is 0.0788 e. The number of anilines is 3. The van der Waals surface area contributed by atoms with Crippen LogP contribution in [0.4, 0.5) is 17.1 Å². The highest BCUT2D eigenvalue weighted by molar-refractivity contribution is 6.19. The van der Waals surface area contributed by atoms with Crippen LogP contribution in [-0.2, 0) is 5.41 Å². The summed E-state index contributed by atoms with van der Waals surface area (Å²) >= 11 is 0. The molecule has 2 heterocycles. The van der Waals surface area contributed by atoms with Crippen molar-refractivity contribution in [3.05, 3.63) is 295 Å². The average molecular weight is 904 g/mol. The van der Waals surface area contributed by atoms with E-state index < -0.39 is 5.41 Å². The van der Waals surface area contributed by atoms with E-state index in [1.165, 1.54) is 60.6 Å². The van der Waals surface area contributed by atoms with Gasteiger partial charge in [0.15, 0.2) is 0 Å². The molecule has 0 radical (unpaired) electrons. The van der Waals surface area contributed by atoms with Crippen LogP contribution in [0.25, 0.3) is 82.7 Å². The number of nitrogens with zero attached hydrogens (tertiary/aromatic N) is 3. The third-order valence-corrected chi connectivity index (χ3v) is 14.8. The number of benzene rings is 11. The summed E-state index contributed by atoms with van der Waals surface area (Å²) in [5, 5.41) is 6.01. The molecule has 0 amide bonds. The number of aromatic nitrogens is 2. The fourth-order valence-electron chi connectivity index (χ4n) is 11.8. The van der Waals surface area contributed by atoms with E-state index >= 15 is 0 Å². The van der Waals surface area contributed by atoms with Crippen molar-refractivity contribution in [1.29, 1.82) is 0 Å². The van der Waals surface area contributed by atoms with Crippen molar-refractivity contribution in [3.63, 3.8) is 0 Å². The van der Waals surface area contributed by atoms with E-state index in [1.54, 1.807) is 0 Å². The highest BCUT2D eigenvalue weighted by atomic mass is 15.1. The van der Waals surface area contributed by atoms with Gasteiger partial charge in [0.05, 0.1) is 27.7 Å². The average Bonchev–Trinajstić information content (AvgIpc) is 3.95. The van der Waals surface area contributed by atoms with Crippen molar-refractivity contribution in [2.45, 2.75) is 5.41 Å². The van der Waals surface area contributed by atoms with Gasteiger partial charge < -0.3 is 9.47 Å². The Hall–Kier alpha value is -9.31. The summed E-state index contributed by atoms with van der Waals surface area (Å²) in [5.41, 5.74) is 19.2. The molecule has 0 spiro atoms.